The number of tetrazole rings is 1. The second kappa shape index (κ2) is 7.50. The van der Waals surface area contributed by atoms with E-state index < -0.39 is 11.7 Å². The second-order valence-corrected chi connectivity index (χ2v) is 7.33. The summed E-state index contributed by atoms with van der Waals surface area (Å²) in [5, 5.41) is 14.6. The lowest BCUT2D eigenvalue weighted by Gasteiger charge is -2.32. The van der Waals surface area contributed by atoms with Crippen molar-refractivity contribution in [2.45, 2.75) is 50.5 Å². The van der Waals surface area contributed by atoms with Gasteiger partial charge >= 0.3 is 6.18 Å². The number of carbonyl (C=O) groups excluding carboxylic acids is 1. The van der Waals surface area contributed by atoms with Crippen LogP contribution in [0.2, 0.25) is 0 Å². The molecule has 0 bridgehead atoms. The first-order valence-electron chi connectivity index (χ1n) is 9.37. The molecule has 150 valence electrons. The molecule has 2 aromatic rings. The largest absolute Gasteiger partial charge is 0.416 e. The molecule has 1 saturated carbocycles. The molecule has 1 N–H and O–H groups in total. The lowest BCUT2D eigenvalue weighted by atomic mass is 10.0. The molecule has 7 nitrogen and oxygen atoms in total. The minimum absolute atomic E-state index is 0.0524. The molecule has 1 aromatic heterocycles. The van der Waals surface area contributed by atoms with E-state index in [4.69, 9.17) is 0 Å². The fraction of sp³-hybridized carbons (Fsp3) is 0.556. The van der Waals surface area contributed by atoms with Gasteiger partial charge < -0.3 is 10.2 Å². The molecular formula is C18H21F3N6O. The van der Waals surface area contributed by atoms with Crippen LogP contribution in [0.25, 0.3) is 11.4 Å². The maximum absolute atomic E-state index is 12.8. The predicted octanol–water partition coefficient (Wildman–Crippen LogP) is 2.10. The van der Waals surface area contributed by atoms with Crippen molar-refractivity contribution in [3.8, 4) is 11.4 Å². The third-order valence-electron chi connectivity index (χ3n) is 5.14. The highest BCUT2D eigenvalue weighted by Gasteiger charge is 2.32. The van der Waals surface area contributed by atoms with Crippen molar-refractivity contribution in [3.05, 3.63) is 29.8 Å². The molecule has 2 aliphatic rings. The lowest BCUT2D eigenvalue weighted by molar-refractivity contribution is -0.137. The summed E-state index contributed by atoms with van der Waals surface area (Å²) in [4.78, 5) is 15.8. The number of halogens is 3. The average Bonchev–Trinajstić information content (AvgIpc) is 3.41. The summed E-state index contributed by atoms with van der Waals surface area (Å²) in [5.74, 6) is -0.172. The number of benzene rings is 1. The summed E-state index contributed by atoms with van der Waals surface area (Å²) >= 11 is 0. The Morgan fingerprint density at radius 1 is 1.18 bits per heavy atom. The van der Waals surface area contributed by atoms with Crippen LogP contribution >= 0.6 is 0 Å². The number of nitrogens with zero attached hydrogens (tertiary/aromatic N) is 5. The molecule has 1 aromatic carbocycles. The van der Waals surface area contributed by atoms with Gasteiger partial charge in [0, 0.05) is 30.7 Å². The lowest BCUT2D eigenvalue weighted by Crippen LogP contribution is -2.46. The van der Waals surface area contributed by atoms with Crippen molar-refractivity contribution < 1.29 is 18.0 Å². The van der Waals surface area contributed by atoms with Crippen LogP contribution in [0, 0.1) is 0 Å². The zero-order valence-electron chi connectivity index (χ0n) is 15.2. The van der Waals surface area contributed by atoms with E-state index in [1.54, 1.807) is 0 Å². The Labute approximate surface area is 159 Å². The van der Waals surface area contributed by atoms with Crippen LogP contribution in [0.1, 0.15) is 31.2 Å². The number of alkyl halides is 3. The van der Waals surface area contributed by atoms with E-state index in [0.29, 0.717) is 0 Å². The third kappa shape index (κ3) is 4.49. The number of hydrogen-bond donors (Lipinski definition) is 1. The van der Waals surface area contributed by atoms with Gasteiger partial charge in [-0.2, -0.15) is 18.0 Å². The Hall–Kier alpha value is -2.49. The number of piperidine rings is 1. The molecule has 2 fully saturated rings. The molecule has 4 rings (SSSR count). The molecule has 0 unspecified atom stereocenters. The Morgan fingerprint density at radius 2 is 1.93 bits per heavy atom. The van der Waals surface area contributed by atoms with E-state index in [-0.39, 0.29) is 29.9 Å². The van der Waals surface area contributed by atoms with Gasteiger partial charge in [-0.05, 0) is 43.0 Å². The van der Waals surface area contributed by atoms with Gasteiger partial charge in [0.2, 0.25) is 11.7 Å². The predicted molar refractivity (Wildman–Crippen MR) is 94.0 cm³/mol. The van der Waals surface area contributed by atoms with Crippen LogP contribution in [0.15, 0.2) is 24.3 Å². The normalized spacial score (nSPS) is 19.0. The molecule has 1 aliphatic carbocycles. The molecular weight excluding hydrogens is 373 g/mol. The standard InChI is InChI=1S/C18H21F3N6O/c19-18(20,21)13-3-1-2-12(10-13)17-23-25-27(24-17)11-16(28)22-14-6-8-26(9-7-14)15-4-5-15/h1-3,10,14-15H,4-9,11H2,(H,22,28). The topological polar surface area (TPSA) is 75.9 Å². The average molecular weight is 394 g/mol. The van der Waals surface area contributed by atoms with Crippen LogP contribution in [0.3, 0.4) is 0 Å². The van der Waals surface area contributed by atoms with Gasteiger partial charge in [0.25, 0.3) is 0 Å². The first-order chi connectivity index (χ1) is 13.4. The SMILES string of the molecule is O=C(Cn1nnc(-c2cccc(C(F)(F)F)c2)n1)NC1CCN(C2CC2)CC1. The fourth-order valence-corrected chi connectivity index (χ4v) is 3.51. The summed E-state index contributed by atoms with van der Waals surface area (Å²) in [6, 6.07) is 5.59. The maximum atomic E-state index is 12.8. The van der Waals surface area contributed by atoms with Crippen molar-refractivity contribution >= 4 is 5.91 Å². The summed E-state index contributed by atoms with van der Waals surface area (Å²) in [7, 11) is 0. The zero-order valence-corrected chi connectivity index (χ0v) is 15.2. The van der Waals surface area contributed by atoms with Crippen molar-refractivity contribution in [1.82, 2.24) is 30.4 Å². The second-order valence-electron chi connectivity index (χ2n) is 7.33. The monoisotopic (exact) mass is 394 g/mol. The molecule has 2 heterocycles. The fourth-order valence-electron chi connectivity index (χ4n) is 3.51. The van der Waals surface area contributed by atoms with Crippen molar-refractivity contribution in [1.29, 1.82) is 0 Å². The Balaban J connectivity index is 1.32. The Kier molecular flexibility index (Phi) is 5.05. The van der Waals surface area contributed by atoms with E-state index in [9.17, 15) is 18.0 Å². The molecule has 1 amide bonds. The molecule has 1 saturated heterocycles. The van der Waals surface area contributed by atoms with Gasteiger partial charge in [0.1, 0.15) is 6.54 Å². The van der Waals surface area contributed by atoms with Crippen molar-refractivity contribution in [3.63, 3.8) is 0 Å². The zero-order chi connectivity index (χ0) is 19.7. The highest BCUT2D eigenvalue weighted by molar-refractivity contribution is 5.75. The molecule has 1 aliphatic heterocycles. The summed E-state index contributed by atoms with van der Waals surface area (Å²) in [6.07, 6.45) is -0.0432. The molecule has 28 heavy (non-hydrogen) atoms. The van der Waals surface area contributed by atoms with Gasteiger partial charge in [-0.15, -0.1) is 10.2 Å². The number of nitrogens with one attached hydrogen (secondary N) is 1. The van der Waals surface area contributed by atoms with E-state index in [1.165, 1.54) is 25.0 Å². The van der Waals surface area contributed by atoms with Gasteiger partial charge in [-0.25, -0.2) is 0 Å². The van der Waals surface area contributed by atoms with E-state index in [0.717, 1.165) is 48.9 Å². The number of rotatable bonds is 5. The van der Waals surface area contributed by atoms with Crippen LogP contribution in [-0.4, -0.2) is 56.2 Å². The van der Waals surface area contributed by atoms with Crippen LogP contribution in [0.4, 0.5) is 13.2 Å². The minimum atomic E-state index is -4.44. The highest BCUT2D eigenvalue weighted by atomic mass is 19.4. The summed E-state index contributed by atoms with van der Waals surface area (Å²) in [6.45, 7) is 1.88. The molecule has 0 atom stereocenters. The smallest absolute Gasteiger partial charge is 0.352 e. The maximum Gasteiger partial charge on any atom is 0.416 e. The van der Waals surface area contributed by atoms with Gasteiger partial charge in [-0.1, -0.05) is 12.1 Å². The first kappa shape index (κ1) is 18.9. The quantitative estimate of drug-likeness (QED) is 0.841. The van der Waals surface area contributed by atoms with Gasteiger partial charge in [0.05, 0.1) is 5.56 Å². The van der Waals surface area contributed by atoms with Gasteiger partial charge in [0.15, 0.2) is 0 Å². The number of amides is 1. The molecule has 0 spiro atoms. The Morgan fingerprint density at radius 3 is 2.61 bits per heavy atom. The Bertz CT molecular complexity index is 840. The molecule has 10 heteroatoms. The third-order valence-corrected chi connectivity index (χ3v) is 5.14. The van der Waals surface area contributed by atoms with Crippen LogP contribution in [-0.2, 0) is 17.5 Å². The minimum Gasteiger partial charge on any atom is -0.352 e. The summed E-state index contributed by atoms with van der Waals surface area (Å²) in [5.41, 5.74) is -0.578. The van der Waals surface area contributed by atoms with E-state index >= 15 is 0 Å². The first-order valence-corrected chi connectivity index (χ1v) is 9.37. The number of aromatic nitrogens is 4. The molecule has 0 radical (unpaired) electrons. The van der Waals surface area contributed by atoms with E-state index in [2.05, 4.69) is 25.6 Å². The highest BCUT2D eigenvalue weighted by Crippen LogP contribution is 2.31. The number of carbonyl (C=O) groups is 1. The van der Waals surface area contributed by atoms with Gasteiger partial charge in [-0.3, -0.25) is 4.79 Å². The van der Waals surface area contributed by atoms with Crippen LogP contribution in [0.5, 0.6) is 0 Å². The summed E-state index contributed by atoms with van der Waals surface area (Å²) < 4.78 is 38.5. The van der Waals surface area contributed by atoms with Crippen molar-refractivity contribution in [2.75, 3.05) is 13.1 Å². The number of likely N-dealkylation sites (tertiary alicyclic amines) is 1. The van der Waals surface area contributed by atoms with Crippen molar-refractivity contribution in [2.24, 2.45) is 0 Å². The van der Waals surface area contributed by atoms with Crippen LogP contribution < -0.4 is 5.32 Å². The number of hydrogen-bond acceptors (Lipinski definition) is 5. The van der Waals surface area contributed by atoms with E-state index in [1.807, 2.05) is 0 Å².